The maximum atomic E-state index is 11.4. The molecule has 2 heterocycles. The second-order valence-corrected chi connectivity index (χ2v) is 4.27. The summed E-state index contributed by atoms with van der Waals surface area (Å²) in [6.45, 7) is 4.69. The number of fused-ring (bicyclic) bond motifs is 1. The van der Waals surface area contributed by atoms with E-state index in [0.717, 1.165) is 5.57 Å². The van der Waals surface area contributed by atoms with E-state index < -0.39 is 0 Å². The minimum atomic E-state index is -0.234. The van der Waals surface area contributed by atoms with Crippen LogP contribution in [0.1, 0.15) is 0 Å². The zero-order chi connectivity index (χ0) is 12.0. The summed E-state index contributed by atoms with van der Waals surface area (Å²) in [6, 6.07) is 0. The first kappa shape index (κ1) is 10.2. The molecule has 1 saturated carbocycles. The summed E-state index contributed by atoms with van der Waals surface area (Å²) in [6.07, 6.45) is 2.97. The number of hydrogen-bond acceptors (Lipinski definition) is 4. The van der Waals surface area contributed by atoms with Gasteiger partial charge in [0, 0.05) is 18.4 Å². The summed E-state index contributed by atoms with van der Waals surface area (Å²) in [5.74, 6) is 0.438. The predicted octanol–water partition coefficient (Wildman–Crippen LogP) is -0.0859. The molecule has 88 valence electrons. The third-order valence-electron chi connectivity index (χ3n) is 3.33. The molecule has 0 bridgehead atoms. The monoisotopic (exact) mass is 232 g/mol. The molecule has 0 aromatic carbocycles. The lowest BCUT2D eigenvalue weighted by Crippen LogP contribution is -2.08. The number of nitrogens with zero attached hydrogens (tertiary/aromatic N) is 3. The van der Waals surface area contributed by atoms with Crippen LogP contribution in [0.3, 0.4) is 0 Å². The van der Waals surface area contributed by atoms with Gasteiger partial charge in [-0.3, -0.25) is 4.79 Å². The highest BCUT2D eigenvalue weighted by atomic mass is 16.3. The summed E-state index contributed by atoms with van der Waals surface area (Å²) in [5, 5.41) is 9.08. The molecular formula is C11H12N4O2. The van der Waals surface area contributed by atoms with Crippen molar-refractivity contribution in [2.75, 3.05) is 6.61 Å². The van der Waals surface area contributed by atoms with Gasteiger partial charge in [-0.2, -0.15) is 0 Å². The van der Waals surface area contributed by atoms with Gasteiger partial charge in [-0.15, -0.1) is 0 Å². The van der Waals surface area contributed by atoms with Gasteiger partial charge in [-0.1, -0.05) is 12.2 Å². The van der Waals surface area contributed by atoms with Crippen LogP contribution in [0.2, 0.25) is 0 Å². The average Bonchev–Trinajstić information content (AvgIpc) is 2.74. The average molecular weight is 232 g/mol. The van der Waals surface area contributed by atoms with Crippen LogP contribution in [0.4, 0.5) is 0 Å². The molecule has 6 heteroatoms. The van der Waals surface area contributed by atoms with E-state index >= 15 is 0 Å². The molecule has 2 N–H and O–H groups in total. The van der Waals surface area contributed by atoms with E-state index in [1.165, 1.54) is 6.33 Å². The molecule has 0 radical (unpaired) electrons. The fourth-order valence-electron chi connectivity index (χ4n) is 2.17. The van der Waals surface area contributed by atoms with Crippen molar-refractivity contribution >= 4 is 11.2 Å². The van der Waals surface area contributed by atoms with Gasteiger partial charge in [0.25, 0.3) is 5.56 Å². The molecule has 1 aliphatic rings. The lowest BCUT2D eigenvalue weighted by Gasteiger charge is -2.00. The van der Waals surface area contributed by atoms with Crippen molar-refractivity contribution in [1.29, 1.82) is 0 Å². The van der Waals surface area contributed by atoms with E-state index in [-0.39, 0.29) is 24.0 Å². The minimum absolute atomic E-state index is 0.129. The Morgan fingerprint density at radius 1 is 1.47 bits per heavy atom. The Kier molecular flexibility index (Phi) is 2.12. The van der Waals surface area contributed by atoms with Crippen LogP contribution in [0, 0.1) is 11.8 Å². The summed E-state index contributed by atoms with van der Waals surface area (Å²) in [5.41, 5.74) is 1.74. The number of hydrogen-bond donors (Lipinski definition) is 2. The number of aliphatic hydroxyl groups is 1. The van der Waals surface area contributed by atoms with Gasteiger partial charge >= 0.3 is 0 Å². The number of aromatic nitrogens is 4. The van der Waals surface area contributed by atoms with Gasteiger partial charge in [-0.25, -0.2) is 9.97 Å². The SMILES string of the molecule is C=C1C(CO)C1Cn1cnc2c(=O)[nH]cnc21. The smallest absolute Gasteiger partial charge is 0.278 e. The van der Waals surface area contributed by atoms with Crippen LogP contribution in [-0.4, -0.2) is 31.2 Å². The molecule has 0 aliphatic heterocycles. The molecular weight excluding hydrogens is 220 g/mol. The Bertz CT molecular complexity index is 642. The first-order valence-corrected chi connectivity index (χ1v) is 5.40. The van der Waals surface area contributed by atoms with E-state index in [0.29, 0.717) is 17.7 Å². The number of aromatic amines is 1. The molecule has 1 fully saturated rings. The summed E-state index contributed by atoms with van der Waals surface area (Å²) < 4.78 is 1.83. The Hall–Kier alpha value is -1.95. The highest BCUT2D eigenvalue weighted by Crippen LogP contribution is 2.45. The number of H-pyrrole nitrogens is 1. The molecule has 1 aliphatic carbocycles. The maximum Gasteiger partial charge on any atom is 0.278 e. The van der Waals surface area contributed by atoms with Crippen LogP contribution in [0.5, 0.6) is 0 Å². The topological polar surface area (TPSA) is 83.8 Å². The standard InChI is InChI=1S/C11H12N4O2/c1-6-7(8(6)3-16)2-15-5-14-9-10(15)12-4-13-11(9)17/h4-5,7-8,16H,1-3H2,(H,12,13,17). The highest BCUT2D eigenvalue weighted by molar-refractivity contribution is 5.68. The number of aliphatic hydroxyl groups excluding tert-OH is 1. The molecule has 2 aromatic heterocycles. The van der Waals surface area contributed by atoms with Crippen molar-refractivity contribution in [3.63, 3.8) is 0 Å². The molecule has 17 heavy (non-hydrogen) atoms. The predicted molar refractivity (Wildman–Crippen MR) is 61.4 cm³/mol. The first-order chi connectivity index (χ1) is 8.22. The van der Waals surface area contributed by atoms with Gasteiger partial charge < -0.3 is 14.7 Å². The van der Waals surface area contributed by atoms with E-state index in [9.17, 15) is 4.79 Å². The largest absolute Gasteiger partial charge is 0.396 e. The van der Waals surface area contributed by atoms with Crippen LogP contribution in [0.25, 0.3) is 11.2 Å². The van der Waals surface area contributed by atoms with Crippen molar-refractivity contribution < 1.29 is 5.11 Å². The normalized spacial score (nSPS) is 23.2. The Labute approximate surface area is 96.6 Å². The van der Waals surface area contributed by atoms with Crippen molar-refractivity contribution in [3.05, 3.63) is 35.2 Å². The third kappa shape index (κ3) is 1.49. The van der Waals surface area contributed by atoms with Gasteiger partial charge in [0.05, 0.1) is 19.3 Å². The van der Waals surface area contributed by atoms with Crippen LogP contribution < -0.4 is 5.56 Å². The Morgan fingerprint density at radius 3 is 3.00 bits per heavy atom. The van der Waals surface area contributed by atoms with Crippen molar-refractivity contribution in [2.24, 2.45) is 11.8 Å². The van der Waals surface area contributed by atoms with Gasteiger partial charge in [0.2, 0.25) is 0 Å². The van der Waals surface area contributed by atoms with Crippen molar-refractivity contribution in [3.8, 4) is 0 Å². The fraction of sp³-hybridized carbons (Fsp3) is 0.364. The molecule has 0 amide bonds. The quantitative estimate of drug-likeness (QED) is 0.725. The highest BCUT2D eigenvalue weighted by Gasteiger charge is 2.41. The molecule has 6 nitrogen and oxygen atoms in total. The molecule has 2 aromatic rings. The third-order valence-corrected chi connectivity index (χ3v) is 3.33. The van der Waals surface area contributed by atoms with Gasteiger partial charge in [0.15, 0.2) is 11.2 Å². The summed E-state index contributed by atoms with van der Waals surface area (Å²) in [4.78, 5) is 22.1. The van der Waals surface area contributed by atoms with E-state index in [1.54, 1.807) is 6.33 Å². The molecule has 0 saturated heterocycles. The van der Waals surface area contributed by atoms with Crippen LogP contribution in [0.15, 0.2) is 29.6 Å². The van der Waals surface area contributed by atoms with Crippen LogP contribution >= 0.6 is 0 Å². The Morgan fingerprint density at radius 2 is 2.29 bits per heavy atom. The van der Waals surface area contributed by atoms with E-state index in [2.05, 4.69) is 21.5 Å². The summed E-state index contributed by atoms with van der Waals surface area (Å²) in [7, 11) is 0. The van der Waals surface area contributed by atoms with Crippen molar-refractivity contribution in [2.45, 2.75) is 6.54 Å². The van der Waals surface area contributed by atoms with E-state index in [4.69, 9.17) is 5.11 Å². The maximum absolute atomic E-state index is 11.4. The lowest BCUT2D eigenvalue weighted by atomic mass is 10.3. The fourth-order valence-corrected chi connectivity index (χ4v) is 2.17. The first-order valence-electron chi connectivity index (χ1n) is 5.40. The lowest BCUT2D eigenvalue weighted by molar-refractivity contribution is 0.269. The Balaban J connectivity index is 1.95. The zero-order valence-electron chi connectivity index (χ0n) is 9.13. The molecule has 2 atom stereocenters. The second-order valence-electron chi connectivity index (χ2n) is 4.27. The van der Waals surface area contributed by atoms with Gasteiger partial charge in [0.1, 0.15) is 0 Å². The van der Waals surface area contributed by atoms with Crippen LogP contribution in [-0.2, 0) is 6.54 Å². The number of rotatable bonds is 3. The van der Waals surface area contributed by atoms with E-state index in [1.807, 2.05) is 4.57 Å². The van der Waals surface area contributed by atoms with Gasteiger partial charge in [-0.05, 0) is 0 Å². The second kappa shape index (κ2) is 3.53. The van der Waals surface area contributed by atoms with Crippen molar-refractivity contribution in [1.82, 2.24) is 19.5 Å². The zero-order valence-corrected chi connectivity index (χ0v) is 9.13. The number of nitrogens with one attached hydrogen (secondary N) is 1. The number of imidazole rings is 1. The molecule has 2 unspecified atom stereocenters. The summed E-state index contributed by atoms with van der Waals surface area (Å²) >= 11 is 0. The molecule has 0 spiro atoms. The molecule has 3 rings (SSSR count). The minimum Gasteiger partial charge on any atom is -0.396 e.